The highest BCUT2D eigenvalue weighted by atomic mass is 14.9. The number of nitrogens with one attached hydrogen (secondary N) is 2. The molecule has 1 aromatic carbocycles. The van der Waals surface area contributed by atoms with E-state index >= 15 is 0 Å². The van der Waals surface area contributed by atoms with Crippen molar-refractivity contribution in [3.63, 3.8) is 0 Å². The summed E-state index contributed by atoms with van der Waals surface area (Å²) in [4.78, 5) is 3.25. The van der Waals surface area contributed by atoms with Gasteiger partial charge < -0.3 is 10.3 Å². The molecule has 2 heteroatoms. The summed E-state index contributed by atoms with van der Waals surface area (Å²) in [7, 11) is 0. The average molecular weight is 270 g/mol. The molecule has 2 N–H and O–H groups in total. The molecular weight excluding hydrogens is 244 g/mol. The molecule has 0 saturated heterocycles. The summed E-state index contributed by atoms with van der Waals surface area (Å²) in [6.45, 7) is 9.60. The Labute approximate surface area is 122 Å². The molecule has 1 fully saturated rings. The molecule has 108 valence electrons. The third-order valence-electron chi connectivity index (χ3n) is 4.48. The van der Waals surface area contributed by atoms with Crippen LogP contribution in [0, 0.1) is 10.8 Å². The Morgan fingerprint density at radius 3 is 2.45 bits per heavy atom. The lowest BCUT2D eigenvalue weighted by Crippen LogP contribution is -2.40. The molecule has 0 unspecified atom stereocenters. The highest BCUT2D eigenvalue weighted by Gasteiger charge is 2.38. The van der Waals surface area contributed by atoms with E-state index in [0.29, 0.717) is 16.9 Å². The van der Waals surface area contributed by atoms with E-state index in [2.05, 4.69) is 62.3 Å². The van der Waals surface area contributed by atoms with E-state index < -0.39 is 0 Å². The molecule has 0 radical (unpaired) electrons. The van der Waals surface area contributed by atoms with Crippen LogP contribution in [0.5, 0.6) is 0 Å². The van der Waals surface area contributed by atoms with Gasteiger partial charge in [-0.05, 0) is 54.4 Å². The SMILES string of the molecule is CC1(C)CC(Nc2ccc3[nH]ccc3c2)CC(C)(C)C1. The first-order valence-corrected chi connectivity index (χ1v) is 7.67. The van der Waals surface area contributed by atoms with Gasteiger partial charge in [0, 0.05) is 28.8 Å². The summed E-state index contributed by atoms with van der Waals surface area (Å²) < 4.78 is 0. The molecule has 0 amide bonds. The van der Waals surface area contributed by atoms with Gasteiger partial charge in [0.05, 0.1) is 0 Å². The smallest absolute Gasteiger partial charge is 0.0455 e. The summed E-state index contributed by atoms with van der Waals surface area (Å²) in [5.74, 6) is 0. The molecule has 1 aromatic heterocycles. The van der Waals surface area contributed by atoms with Gasteiger partial charge in [0.25, 0.3) is 0 Å². The minimum Gasteiger partial charge on any atom is -0.382 e. The molecular formula is C18H26N2. The van der Waals surface area contributed by atoms with Gasteiger partial charge in [-0.1, -0.05) is 27.7 Å². The van der Waals surface area contributed by atoms with Gasteiger partial charge in [0.2, 0.25) is 0 Å². The summed E-state index contributed by atoms with van der Waals surface area (Å²) >= 11 is 0. The molecule has 1 aliphatic carbocycles. The van der Waals surface area contributed by atoms with Crippen LogP contribution >= 0.6 is 0 Å². The van der Waals surface area contributed by atoms with Crippen molar-refractivity contribution in [1.82, 2.24) is 4.98 Å². The highest BCUT2D eigenvalue weighted by molar-refractivity contribution is 5.83. The van der Waals surface area contributed by atoms with Crippen molar-refractivity contribution in [2.45, 2.75) is 53.0 Å². The fourth-order valence-electron chi connectivity index (χ4n) is 4.33. The number of aromatic amines is 1. The number of anilines is 1. The molecule has 0 spiro atoms. The van der Waals surface area contributed by atoms with E-state index in [-0.39, 0.29) is 0 Å². The fraction of sp³-hybridized carbons (Fsp3) is 0.556. The van der Waals surface area contributed by atoms with Crippen LogP contribution in [-0.4, -0.2) is 11.0 Å². The van der Waals surface area contributed by atoms with E-state index in [9.17, 15) is 0 Å². The molecule has 0 aliphatic heterocycles. The molecule has 1 saturated carbocycles. The third kappa shape index (κ3) is 2.84. The van der Waals surface area contributed by atoms with Crippen LogP contribution in [0.25, 0.3) is 10.9 Å². The van der Waals surface area contributed by atoms with Crippen LogP contribution in [0.3, 0.4) is 0 Å². The van der Waals surface area contributed by atoms with Crippen LogP contribution in [0.1, 0.15) is 47.0 Å². The quantitative estimate of drug-likeness (QED) is 0.772. The number of benzene rings is 1. The minimum atomic E-state index is 0.428. The van der Waals surface area contributed by atoms with E-state index in [1.165, 1.54) is 35.9 Å². The number of rotatable bonds is 2. The second kappa shape index (κ2) is 4.54. The van der Waals surface area contributed by atoms with Gasteiger partial charge in [-0.25, -0.2) is 0 Å². The van der Waals surface area contributed by atoms with E-state index in [1.54, 1.807) is 0 Å². The number of hydrogen-bond acceptors (Lipinski definition) is 1. The van der Waals surface area contributed by atoms with E-state index in [0.717, 1.165) is 0 Å². The Morgan fingerprint density at radius 2 is 1.75 bits per heavy atom. The molecule has 2 aromatic rings. The fourth-order valence-corrected chi connectivity index (χ4v) is 4.33. The van der Waals surface area contributed by atoms with Crippen molar-refractivity contribution in [2.24, 2.45) is 10.8 Å². The first-order valence-electron chi connectivity index (χ1n) is 7.67. The Balaban J connectivity index is 1.79. The first kappa shape index (κ1) is 13.5. The van der Waals surface area contributed by atoms with E-state index in [1.807, 2.05) is 6.20 Å². The van der Waals surface area contributed by atoms with Crippen molar-refractivity contribution in [2.75, 3.05) is 5.32 Å². The summed E-state index contributed by atoms with van der Waals surface area (Å²) in [5.41, 5.74) is 3.31. The molecule has 1 heterocycles. The Morgan fingerprint density at radius 1 is 1.05 bits per heavy atom. The molecule has 0 atom stereocenters. The zero-order valence-corrected chi connectivity index (χ0v) is 13.1. The zero-order valence-electron chi connectivity index (χ0n) is 13.1. The molecule has 0 bridgehead atoms. The topological polar surface area (TPSA) is 27.8 Å². The predicted molar refractivity (Wildman–Crippen MR) is 87.1 cm³/mol. The highest BCUT2D eigenvalue weighted by Crippen LogP contribution is 2.46. The lowest BCUT2D eigenvalue weighted by atomic mass is 9.63. The maximum atomic E-state index is 3.76. The van der Waals surface area contributed by atoms with E-state index in [4.69, 9.17) is 0 Å². The molecule has 20 heavy (non-hydrogen) atoms. The zero-order chi connectivity index (χ0) is 14.4. The van der Waals surface area contributed by atoms with Crippen molar-refractivity contribution in [1.29, 1.82) is 0 Å². The summed E-state index contributed by atoms with van der Waals surface area (Å²) in [6.07, 6.45) is 5.82. The summed E-state index contributed by atoms with van der Waals surface area (Å²) in [6, 6.07) is 9.31. The van der Waals surface area contributed by atoms with Gasteiger partial charge in [-0.15, -0.1) is 0 Å². The maximum absolute atomic E-state index is 3.76. The number of H-pyrrole nitrogens is 1. The normalized spacial score (nSPS) is 22.0. The second-order valence-corrected chi connectivity index (χ2v) is 8.03. The van der Waals surface area contributed by atoms with Gasteiger partial charge in [-0.2, -0.15) is 0 Å². The lowest BCUT2D eigenvalue weighted by molar-refractivity contribution is 0.105. The van der Waals surface area contributed by atoms with Crippen LogP contribution in [0.4, 0.5) is 5.69 Å². The molecule has 1 aliphatic rings. The van der Waals surface area contributed by atoms with Crippen molar-refractivity contribution in [3.05, 3.63) is 30.5 Å². The lowest BCUT2D eigenvalue weighted by Gasteiger charge is -2.45. The van der Waals surface area contributed by atoms with Crippen LogP contribution in [0.2, 0.25) is 0 Å². The maximum Gasteiger partial charge on any atom is 0.0455 e. The van der Waals surface area contributed by atoms with Crippen LogP contribution in [-0.2, 0) is 0 Å². The largest absolute Gasteiger partial charge is 0.382 e. The van der Waals surface area contributed by atoms with Gasteiger partial charge >= 0.3 is 0 Å². The predicted octanol–water partition coefficient (Wildman–Crippen LogP) is 5.18. The van der Waals surface area contributed by atoms with Crippen LogP contribution < -0.4 is 5.32 Å². The van der Waals surface area contributed by atoms with Gasteiger partial charge in [0.1, 0.15) is 0 Å². The first-order chi connectivity index (χ1) is 9.33. The monoisotopic (exact) mass is 270 g/mol. The Kier molecular flexibility index (Phi) is 3.07. The average Bonchev–Trinajstić information content (AvgIpc) is 2.71. The summed E-state index contributed by atoms with van der Waals surface area (Å²) in [5, 5.41) is 5.04. The van der Waals surface area contributed by atoms with Crippen molar-refractivity contribution < 1.29 is 0 Å². The number of fused-ring (bicyclic) bond motifs is 1. The van der Waals surface area contributed by atoms with Crippen molar-refractivity contribution in [3.8, 4) is 0 Å². The van der Waals surface area contributed by atoms with Gasteiger partial charge in [0.15, 0.2) is 0 Å². The minimum absolute atomic E-state index is 0.428. The van der Waals surface area contributed by atoms with Gasteiger partial charge in [-0.3, -0.25) is 0 Å². The second-order valence-electron chi connectivity index (χ2n) is 8.03. The standard InChI is InChI=1S/C18H26N2/c1-17(2)10-15(11-18(3,4)12-17)20-14-5-6-16-13(9-14)7-8-19-16/h5-9,15,19-20H,10-12H2,1-4H3. The van der Waals surface area contributed by atoms with Crippen molar-refractivity contribution >= 4 is 16.6 Å². The van der Waals surface area contributed by atoms with Crippen LogP contribution in [0.15, 0.2) is 30.5 Å². The number of hydrogen-bond donors (Lipinski definition) is 2. The number of aromatic nitrogens is 1. The molecule has 3 rings (SSSR count). The Hall–Kier alpha value is -1.44. The Bertz CT molecular complexity index is 591. The third-order valence-corrected chi connectivity index (χ3v) is 4.48. The molecule has 2 nitrogen and oxygen atoms in total.